The maximum atomic E-state index is 12.5. The monoisotopic (exact) mass is 298 g/mol. The van der Waals surface area contributed by atoms with Crippen LogP contribution in [0.4, 0.5) is 0 Å². The Morgan fingerprint density at radius 2 is 2.15 bits per heavy atom. The van der Waals surface area contributed by atoms with Crippen LogP contribution in [0, 0.1) is 6.92 Å². The van der Waals surface area contributed by atoms with Gasteiger partial charge >= 0.3 is 0 Å². The molecule has 6 nitrogen and oxygen atoms in total. The van der Waals surface area contributed by atoms with Crippen LogP contribution >= 0.6 is 0 Å². The third kappa shape index (κ3) is 2.95. The minimum absolute atomic E-state index is 0.203. The van der Waals surface area contributed by atoms with Crippen LogP contribution in [-0.2, 0) is 23.1 Å². The molecule has 20 heavy (non-hydrogen) atoms. The first-order valence-electron chi connectivity index (χ1n) is 6.16. The molecule has 0 amide bonds. The first-order valence-corrected chi connectivity index (χ1v) is 7.60. The van der Waals surface area contributed by atoms with Crippen molar-refractivity contribution >= 4 is 10.0 Å². The normalized spacial score (nSPS) is 12.2. The van der Waals surface area contributed by atoms with Crippen molar-refractivity contribution in [2.24, 2.45) is 0 Å². The summed E-state index contributed by atoms with van der Waals surface area (Å²) in [6.07, 6.45) is 3.05. The van der Waals surface area contributed by atoms with Crippen molar-refractivity contribution in [1.29, 1.82) is 0 Å². The highest BCUT2D eigenvalue weighted by molar-refractivity contribution is 7.89. The van der Waals surface area contributed by atoms with Gasteiger partial charge < -0.3 is 14.2 Å². The van der Waals surface area contributed by atoms with Gasteiger partial charge in [-0.25, -0.2) is 8.42 Å². The zero-order valence-corrected chi connectivity index (χ0v) is 12.5. The van der Waals surface area contributed by atoms with E-state index in [4.69, 9.17) is 8.83 Å². The van der Waals surface area contributed by atoms with E-state index in [1.807, 2.05) is 0 Å². The molecule has 2 aromatic rings. The number of hydrogen-bond donors (Lipinski definition) is 1. The lowest BCUT2D eigenvalue weighted by Gasteiger charge is -2.15. The fourth-order valence-corrected chi connectivity index (χ4v) is 3.27. The molecule has 7 heteroatoms. The molecule has 1 N–H and O–H groups in total. The van der Waals surface area contributed by atoms with Gasteiger partial charge in [-0.2, -0.15) is 4.31 Å². The number of hydrogen-bond acceptors (Lipinski definition) is 5. The van der Waals surface area contributed by atoms with E-state index < -0.39 is 10.0 Å². The summed E-state index contributed by atoms with van der Waals surface area (Å²) in [5.41, 5.74) is 0.799. The van der Waals surface area contributed by atoms with E-state index in [0.29, 0.717) is 18.1 Å². The quantitative estimate of drug-likeness (QED) is 0.879. The maximum Gasteiger partial charge on any atom is 0.246 e. The molecule has 0 spiro atoms. The molecule has 2 heterocycles. The lowest BCUT2D eigenvalue weighted by molar-refractivity contribution is 0.451. The summed E-state index contributed by atoms with van der Waals surface area (Å²) < 4.78 is 36.7. The van der Waals surface area contributed by atoms with Crippen LogP contribution in [0.1, 0.15) is 17.1 Å². The number of nitrogens with one attached hydrogen (secondary N) is 1. The van der Waals surface area contributed by atoms with Crippen molar-refractivity contribution in [2.45, 2.75) is 24.9 Å². The van der Waals surface area contributed by atoms with Crippen molar-refractivity contribution in [3.8, 4) is 0 Å². The van der Waals surface area contributed by atoms with Crippen LogP contribution in [0.15, 0.2) is 38.4 Å². The van der Waals surface area contributed by atoms with Crippen LogP contribution < -0.4 is 5.32 Å². The molecule has 0 unspecified atom stereocenters. The molecular formula is C13H18N2O4S. The van der Waals surface area contributed by atoms with E-state index >= 15 is 0 Å². The average Bonchev–Trinajstić information content (AvgIpc) is 2.99. The first kappa shape index (κ1) is 14.8. The molecule has 0 saturated carbocycles. The fraction of sp³-hybridized carbons (Fsp3) is 0.385. The summed E-state index contributed by atoms with van der Waals surface area (Å²) >= 11 is 0. The van der Waals surface area contributed by atoms with Gasteiger partial charge in [-0.15, -0.1) is 0 Å². The molecule has 0 aliphatic rings. The molecule has 2 aromatic heterocycles. The number of rotatable bonds is 6. The first-order chi connectivity index (χ1) is 9.45. The van der Waals surface area contributed by atoms with E-state index in [1.165, 1.54) is 23.9 Å². The average molecular weight is 298 g/mol. The predicted octanol–water partition coefficient (Wildman–Crippen LogP) is 1.72. The molecule has 2 rings (SSSR count). The van der Waals surface area contributed by atoms with Crippen LogP contribution in [-0.4, -0.2) is 26.8 Å². The van der Waals surface area contributed by atoms with Gasteiger partial charge in [0.2, 0.25) is 10.0 Å². The highest BCUT2D eigenvalue weighted by atomic mass is 32.2. The highest BCUT2D eigenvalue weighted by Gasteiger charge is 2.26. The molecule has 0 aliphatic carbocycles. The van der Waals surface area contributed by atoms with Crippen LogP contribution in [0.25, 0.3) is 0 Å². The van der Waals surface area contributed by atoms with Gasteiger partial charge in [0.05, 0.1) is 19.1 Å². The lowest BCUT2D eigenvalue weighted by atomic mass is 10.3. The highest BCUT2D eigenvalue weighted by Crippen LogP contribution is 2.24. The van der Waals surface area contributed by atoms with Crippen molar-refractivity contribution in [1.82, 2.24) is 9.62 Å². The lowest BCUT2D eigenvalue weighted by Crippen LogP contribution is -2.26. The second-order valence-electron chi connectivity index (χ2n) is 4.56. The van der Waals surface area contributed by atoms with Crippen LogP contribution in [0.5, 0.6) is 0 Å². The van der Waals surface area contributed by atoms with Gasteiger partial charge in [-0.3, -0.25) is 0 Å². The Morgan fingerprint density at radius 3 is 2.75 bits per heavy atom. The minimum atomic E-state index is -3.57. The second kappa shape index (κ2) is 5.82. The summed E-state index contributed by atoms with van der Waals surface area (Å²) in [5, 5.41) is 2.93. The molecule has 110 valence electrons. The number of furan rings is 2. The Labute approximate surface area is 118 Å². The Bertz CT molecular complexity index is 659. The molecule has 0 aliphatic heterocycles. The van der Waals surface area contributed by atoms with E-state index in [9.17, 15) is 8.42 Å². The third-order valence-electron chi connectivity index (χ3n) is 2.95. The Hall–Kier alpha value is -1.57. The zero-order valence-electron chi connectivity index (χ0n) is 11.7. The fourth-order valence-electron chi connectivity index (χ4n) is 1.93. The van der Waals surface area contributed by atoms with E-state index in [2.05, 4.69) is 5.32 Å². The zero-order chi connectivity index (χ0) is 14.8. The molecule has 0 radical (unpaired) electrons. The molecule has 0 atom stereocenters. The van der Waals surface area contributed by atoms with E-state index in [-0.39, 0.29) is 11.4 Å². The van der Waals surface area contributed by atoms with Crippen LogP contribution in [0.3, 0.4) is 0 Å². The number of aryl methyl sites for hydroxylation is 1. The SMILES string of the molecule is CNCc1cc(S(=O)(=O)N(C)Cc2ccoc2)c(C)o1. The van der Waals surface area contributed by atoms with Gasteiger partial charge in [-0.05, 0) is 20.0 Å². The molecule has 0 fully saturated rings. The Balaban J connectivity index is 2.25. The largest absolute Gasteiger partial charge is 0.472 e. The topological polar surface area (TPSA) is 75.7 Å². The van der Waals surface area contributed by atoms with Gasteiger partial charge in [0.1, 0.15) is 16.4 Å². The van der Waals surface area contributed by atoms with Crippen molar-refractivity contribution in [3.05, 3.63) is 41.7 Å². The van der Waals surface area contributed by atoms with Crippen molar-refractivity contribution in [2.75, 3.05) is 14.1 Å². The summed E-state index contributed by atoms with van der Waals surface area (Å²) in [7, 11) is -0.264. The molecular weight excluding hydrogens is 280 g/mol. The van der Waals surface area contributed by atoms with Gasteiger partial charge in [0.25, 0.3) is 0 Å². The molecule has 0 aromatic carbocycles. The van der Waals surface area contributed by atoms with Crippen molar-refractivity contribution < 1.29 is 17.3 Å². The van der Waals surface area contributed by atoms with Gasteiger partial charge in [-0.1, -0.05) is 0 Å². The number of sulfonamides is 1. The standard InChI is InChI=1S/C13H18N2O4S/c1-10-13(6-12(19-10)7-14-2)20(16,17)15(3)8-11-4-5-18-9-11/h4-6,9,14H,7-8H2,1-3H3. The van der Waals surface area contributed by atoms with Gasteiger partial charge in [0, 0.05) is 25.2 Å². The van der Waals surface area contributed by atoms with E-state index in [1.54, 1.807) is 26.1 Å². The summed E-state index contributed by atoms with van der Waals surface area (Å²) in [6, 6.07) is 3.30. The maximum absolute atomic E-state index is 12.5. The Kier molecular flexibility index (Phi) is 4.32. The molecule has 0 bridgehead atoms. The van der Waals surface area contributed by atoms with Crippen molar-refractivity contribution in [3.63, 3.8) is 0 Å². The second-order valence-corrected chi connectivity index (χ2v) is 6.57. The summed E-state index contributed by atoms with van der Waals surface area (Å²) in [4.78, 5) is 0.203. The predicted molar refractivity (Wildman–Crippen MR) is 73.6 cm³/mol. The third-order valence-corrected chi connectivity index (χ3v) is 4.86. The van der Waals surface area contributed by atoms with Crippen LogP contribution in [0.2, 0.25) is 0 Å². The van der Waals surface area contributed by atoms with Gasteiger partial charge in [0.15, 0.2) is 0 Å². The smallest absolute Gasteiger partial charge is 0.246 e. The minimum Gasteiger partial charge on any atom is -0.472 e. The Morgan fingerprint density at radius 1 is 1.40 bits per heavy atom. The molecule has 0 saturated heterocycles. The number of nitrogens with zero attached hydrogens (tertiary/aromatic N) is 1. The summed E-state index contributed by atoms with van der Waals surface area (Å²) in [5.74, 6) is 0.995. The van der Waals surface area contributed by atoms with E-state index in [0.717, 1.165) is 5.56 Å². The summed E-state index contributed by atoms with van der Waals surface area (Å²) in [6.45, 7) is 2.39.